The summed E-state index contributed by atoms with van der Waals surface area (Å²) in [6.45, 7) is 2.00. The maximum absolute atomic E-state index is 12.5. The topological polar surface area (TPSA) is 71.1 Å². The number of aryl methyl sites for hydroxylation is 1. The van der Waals surface area contributed by atoms with Crippen LogP contribution >= 0.6 is 34.7 Å². The van der Waals surface area contributed by atoms with E-state index in [9.17, 15) is 9.59 Å². The molecule has 3 aromatic rings. The first-order chi connectivity index (χ1) is 14.5. The molecule has 8 heteroatoms. The summed E-state index contributed by atoms with van der Waals surface area (Å²) in [6, 6.07) is 12.6. The quantitative estimate of drug-likeness (QED) is 0.457. The second kappa shape index (κ2) is 9.20. The summed E-state index contributed by atoms with van der Waals surface area (Å²) < 4.78 is 0. The maximum atomic E-state index is 12.5. The normalized spacial score (nSPS) is 13.1. The van der Waals surface area contributed by atoms with E-state index >= 15 is 0 Å². The van der Waals surface area contributed by atoms with Crippen LogP contribution in [0, 0.1) is 6.92 Å². The number of nitrogens with zero attached hydrogens (tertiary/aromatic N) is 1. The van der Waals surface area contributed by atoms with Crippen molar-refractivity contribution in [2.45, 2.75) is 36.5 Å². The number of carbonyl (C=O) groups is 2. The van der Waals surface area contributed by atoms with Crippen LogP contribution in [0.25, 0.3) is 0 Å². The fourth-order valence-corrected chi connectivity index (χ4v) is 4.58. The molecule has 5 nitrogen and oxygen atoms in total. The van der Waals surface area contributed by atoms with Crippen LogP contribution in [0.3, 0.4) is 0 Å². The van der Waals surface area contributed by atoms with E-state index in [0.29, 0.717) is 21.8 Å². The molecule has 30 heavy (non-hydrogen) atoms. The van der Waals surface area contributed by atoms with Gasteiger partial charge in [-0.05, 0) is 62.2 Å². The SMILES string of the molecule is Cc1nc(CSc2ccc(C(=O)Nc3ccc(C(=O)NC4CC4)c(Cl)c3)cc2)cs1. The van der Waals surface area contributed by atoms with Crippen molar-refractivity contribution in [1.82, 2.24) is 10.3 Å². The van der Waals surface area contributed by atoms with Gasteiger partial charge in [0, 0.05) is 33.3 Å². The first kappa shape index (κ1) is 20.9. The van der Waals surface area contributed by atoms with Crippen LogP contribution in [0.2, 0.25) is 5.02 Å². The Hall–Kier alpha value is -2.35. The summed E-state index contributed by atoms with van der Waals surface area (Å²) in [4.78, 5) is 30.2. The van der Waals surface area contributed by atoms with Gasteiger partial charge in [-0.25, -0.2) is 4.98 Å². The molecule has 1 aromatic heterocycles. The average molecular weight is 458 g/mol. The van der Waals surface area contributed by atoms with Crippen molar-refractivity contribution in [2.75, 3.05) is 5.32 Å². The van der Waals surface area contributed by atoms with Gasteiger partial charge in [-0.1, -0.05) is 11.6 Å². The second-order valence-corrected chi connectivity index (χ2v) is 9.59. The monoisotopic (exact) mass is 457 g/mol. The van der Waals surface area contributed by atoms with Crippen molar-refractivity contribution < 1.29 is 9.59 Å². The lowest BCUT2D eigenvalue weighted by Gasteiger charge is -2.09. The van der Waals surface area contributed by atoms with E-state index in [4.69, 9.17) is 11.6 Å². The van der Waals surface area contributed by atoms with E-state index in [0.717, 1.165) is 34.2 Å². The second-order valence-electron chi connectivity index (χ2n) is 7.07. The summed E-state index contributed by atoms with van der Waals surface area (Å²) in [5.41, 5.74) is 2.58. The maximum Gasteiger partial charge on any atom is 0.255 e. The van der Waals surface area contributed by atoms with Gasteiger partial charge in [0.05, 0.1) is 21.3 Å². The number of rotatable bonds is 7. The van der Waals surface area contributed by atoms with Gasteiger partial charge in [-0.2, -0.15) is 0 Å². The lowest BCUT2D eigenvalue weighted by Crippen LogP contribution is -2.25. The summed E-state index contributed by atoms with van der Waals surface area (Å²) in [7, 11) is 0. The van der Waals surface area contributed by atoms with Gasteiger partial charge in [0.2, 0.25) is 0 Å². The average Bonchev–Trinajstić information content (AvgIpc) is 3.44. The third-order valence-electron chi connectivity index (χ3n) is 4.55. The minimum Gasteiger partial charge on any atom is -0.349 e. The van der Waals surface area contributed by atoms with Gasteiger partial charge < -0.3 is 10.6 Å². The third-order valence-corrected chi connectivity index (χ3v) is 6.73. The van der Waals surface area contributed by atoms with Crippen LogP contribution in [0.15, 0.2) is 52.7 Å². The van der Waals surface area contributed by atoms with Gasteiger partial charge in [-0.3, -0.25) is 9.59 Å². The van der Waals surface area contributed by atoms with Crippen molar-refractivity contribution in [1.29, 1.82) is 0 Å². The highest BCUT2D eigenvalue weighted by atomic mass is 35.5. The highest BCUT2D eigenvalue weighted by molar-refractivity contribution is 7.98. The largest absolute Gasteiger partial charge is 0.349 e. The third kappa shape index (κ3) is 5.41. The minimum absolute atomic E-state index is 0.179. The Labute approximate surface area is 188 Å². The molecule has 0 bridgehead atoms. The van der Waals surface area contributed by atoms with Crippen LogP contribution in [0.4, 0.5) is 5.69 Å². The van der Waals surface area contributed by atoms with E-state index in [1.807, 2.05) is 19.1 Å². The summed E-state index contributed by atoms with van der Waals surface area (Å²) in [5.74, 6) is 0.393. The van der Waals surface area contributed by atoms with Crippen LogP contribution in [-0.2, 0) is 5.75 Å². The molecule has 2 N–H and O–H groups in total. The summed E-state index contributed by atoms with van der Waals surface area (Å²) in [5, 5.41) is 9.18. The molecule has 0 saturated heterocycles. The Morgan fingerprint density at radius 3 is 2.57 bits per heavy atom. The number of carbonyl (C=O) groups excluding carboxylic acids is 2. The number of anilines is 1. The number of nitrogens with one attached hydrogen (secondary N) is 2. The fourth-order valence-electron chi connectivity index (χ4n) is 2.81. The number of thioether (sulfide) groups is 1. The Kier molecular flexibility index (Phi) is 6.41. The lowest BCUT2D eigenvalue weighted by molar-refractivity contribution is 0.0950. The molecule has 0 aliphatic heterocycles. The molecule has 0 unspecified atom stereocenters. The van der Waals surface area contributed by atoms with Crippen molar-refractivity contribution in [3.63, 3.8) is 0 Å². The first-order valence-corrected chi connectivity index (χ1v) is 11.8. The number of hydrogen-bond donors (Lipinski definition) is 2. The summed E-state index contributed by atoms with van der Waals surface area (Å²) >= 11 is 9.58. The molecule has 0 spiro atoms. The van der Waals surface area contributed by atoms with E-state index in [1.54, 1.807) is 53.4 Å². The number of benzene rings is 2. The molecule has 4 rings (SSSR count). The Bertz CT molecular complexity index is 1080. The van der Waals surface area contributed by atoms with Gasteiger partial charge in [0.1, 0.15) is 0 Å². The number of hydrogen-bond acceptors (Lipinski definition) is 5. The smallest absolute Gasteiger partial charge is 0.255 e. The molecule has 0 atom stereocenters. The highest BCUT2D eigenvalue weighted by Crippen LogP contribution is 2.26. The predicted molar refractivity (Wildman–Crippen MR) is 123 cm³/mol. The molecule has 1 aliphatic carbocycles. The molecule has 1 aliphatic rings. The Balaban J connectivity index is 1.35. The van der Waals surface area contributed by atoms with Gasteiger partial charge in [-0.15, -0.1) is 23.1 Å². The minimum atomic E-state index is -0.229. The number of halogens is 1. The standard InChI is InChI=1S/C22H20ClN3O2S2/c1-13-24-17(11-29-13)12-30-18-7-2-14(3-8-18)21(27)26-16-6-9-19(20(23)10-16)22(28)25-15-4-5-15/h2-3,6-11,15H,4-5,12H2,1H3,(H,25,28)(H,26,27). The predicted octanol–water partition coefficient (Wildman–Crippen LogP) is 5.54. The van der Waals surface area contributed by atoms with E-state index in [-0.39, 0.29) is 17.9 Å². The van der Waals surface area contributed by atoms with Gasteiger partial charge >= 0.3 is 0 Å². The van der Waals surface area contributed by atoms with E-state index < -0.39 is 0 Å². The first-order valence-electron chi connectivity index (χ1n) is 9.53. The fraction of sp³-hybridized carbons (Fsp3) is 0.227. The van der Waals surface area contributed by atoms with Crippen molar-refractivity contribution in [3.05, 3.63) is 74.7 Å². The van der Waals surface area contributed by atoms with Crippen molar-refractivity contribution in [2.24, 2.45) is 0 Å². The zero-order valence-corrected chi connectivity index (χ0v) is 18.7. The van der Waals surface area contributed by atoms with Crippen molar-refractivity contribution >= 4 is 52.2 Å². The van der Waals surface area contributed by atoms with Gasteiger partial charge in [0.15, 0.2) is 0 Å². The number of aromatic nitrogens is 1. The molecule has 1 saturated carbocycles. The molecule has 2 amide bonds. The highest BCUT2D eigenvalue weighted by Gasteiger charge is 2.24. The molecular formula is C22H20ClN3O2S2. The lowest BCUT2D eigenvalue weighted by atomic mass is 10.1. The zero-order chi connectivity index (χ0) is 21.1. The Morgan fingerprint density at radius 1 is 1.17 bits per heavy atom. The molecule has 2 aromatic carbocycles. The van der Waals surface area contributed by atoms with Crippen molar-refractivity contribution in [3.8, 4) is 0 Å². The molecule has 154 valence electrons. The Morgan fingerprint density at radius 2 is 1.93 bits per heavy atom. The molecule has 1 heterocycles. The van der Waals surface area contributed by atoms with Gasteiger partial charge in [0.25, 0.3) is 11.8 Å². The molecular weight excluding hydrogens is 438 g/mol. The van der Waals surface area contributed by atoms with Crippen LogP contribution in [0.5, 0.6) is 0 Å². The zero-order valence-electron chi connectivity index (χ0n) is 16.3. The van der Waals surface area contributed by atoms with E-state index in [1.165, 1.54) is 0 Å². The number of amides is 2. The summed E-state index contributed by atoms with van der Waals surface area (Å²) in [6.07, 6.45) is 2.03. The molecule has 0 radical (unpaired) electrons. The molecule has 1 fully saturated rings. The number of thiazole rings is 1. The van der Waals surface area contributed by atoms with E-state index in [2.05, 4.69) is 21.0 Å². The van der Waals surface area contributed by atoms with Crippen LogP contribution in [-0.4, -0.2) is 22.8 Å². The van der Waals surface area contributed by atoms with Crippen LogP contribution in [0.1, 0.15) is 44.3 Å². The van der Waals surface area contributed by atoms with Crippen LogP contribution < -0.4 is 10.6 Å².